The second-order valence-corrected chi connectivity index (χ2v) is 8.37. The van der Waals surface area contributed by atoms with Gasteiger partial charge in [0, 0.05) is 0 Å². The van der Waals surface area contributed by atoms with Crippen LogP contribution in [0.3, 0.4) is 0 Å². The molecule has 0 N–H and O–H groups in total. The predicted molar refractivity (Wildman–Crippen MR) is 34.1 cm³/mol. The van der Waals surface area contributed by atoms with Crippen molar-refractivity contribution < 1.29 is 4.74 Å². The van der Waals surface area contributed by atoms with E-state index in [1.165, 1.54) is 0 Å². The van der Waals surface area contributed by atoms with Crippen LogP contribution < -0.4 is 0 Å². The minimum absolute atomic E-state index is 0.701. The molecule has 0 aromatic rings. The van der Waals surface area contributed by atoms with E-state index < -0.39 is 12.8 Å². The van der Waals surface area contributed by atoms with Crippen molar-refractivity contribution in [3.05, 3.63) is 0 Å². The van der Waals surface area contributed by atoms with E-state index in [9.17, 15) is 0 Å². The normalized spacial score (nSPS) is 10.3. The third-order valence-electron chi connectivity index (χ3n) is 0.464. The molecule has 1 nitrogen and oxygen atoms in total. The van der Waals surface area contributed by atoms with Crippen LogP contribution in [0.15, 0.2) is 0 Å². The molecule has 0 aliphatic heterocycles. The maximum atomic E-state index is 5.49. The second-order valence-electron chi connectivity index (χ2n) is 1.02. The third-order valence-corrected chi connectivity index (χ3v) is 3.31. The van der Waals surface area contributed by atoms with Gasteiger partial charge in [-0.2, -0.15) is 0 Å². The summed E-state index contributed by atoms with van der Waals surface area (Å²) in [5, 5.41) is 0.854. The van der Waals surface area contributed by atoms with Gasteiger partial charge in [0.2, 0.25) is 0 Å². The van der Waals surface area contributed by atoms with E-state index in [0.29, 0.717) is 6.61 Å². The molecule has 0 bridgehead atoms. The van der Waals surface area contributed by atoms with Gasteiger partial charge in [0.1, 0.15) is 0 Å². The van der Waals surface area contributed by atoms with Crippen LogP contribution >= 0.6 is 19.9 Å². The van der Waals surface area contributed by atoms with Gasteiger partial charge < -0.3 is 0 Å². The van der Waals surface area contributed by atoms with E-state index in [1.807, 2.05) is 0 Å². The average Bonchev–Trinajstić information content (AvgIpc) is 1.61. The predicted octanol–water partition coefficient (Wildman–Crippen LogP) is 1.60. The van der Waals surface area contributed by atoms with E-state index in [0.717, 1.165) is 5.21 Å². The number of ether oxygens (including phenoxy) is 1. The minimum atomic E-state index is -1.42. The number of methoxy groups -OCH3 is 1. The van der Waals surface area contributed by atoms with Crippen molar-refractivity contribution in [2.24, 2.45) is 0 Å². The fourth-order valence-electron chi connectivity index (χ4n) is 0.160. The molecular formula is C3H7AsCl2O. The summed E-state index contributed by atoms with van der Waals surface area (Å²) in [7, 11) is 12.6. The number of rotatable bonds is 3. The summed E-state index contributed by atoms with van der Waals surface area (Å²) in [6.45, 7) is 0.701. The van der Waals surface area contributed by atoms with Crippen LogP contribution in [0.5, 0.6) is 0 Å². The molecule has 0 fully saturated rings. The van der Waals surface area contributed by atoms with Crippen LogP contribution in [0.4, 0.5) is 0 Å². The summed E-state index contributed by atoms with van der Waals surface area (Å²) >= 11 is -1.42. The molecule has 0 radical (unpaired) electrons. The van der Waals surface area contributed by atoms with Crippen molar-refractivity contribution in [1.82, 2.24) is 0 Å². The molecule has 0 saturated heterocycles. The molecule has 0 amide bonds. The average molecular weight is 205 g/mol. The van der Waals surface area contributed by atoms with Gasteiger partial charge in [-0.3, -0.25) is 0 Å². The van der Waals surface area contributed by atoms with Gasteiger partial charge >= 0.3 is 56.3 Å². The van der Waals surface area contributed by atoms with Gasteiger partial charge in [0.05, 0.1) is 0 Å². The molecule has 0 unspecified atom stereocenters. The Bertz CT molecular complexity index is 41.9. The summed E-state index contributed by atoms with van der Waals surface area (Å²) in [6, 6.07) is 0. The zero-order chi connectivity index (χ0) is 5.70. The van der Waals surface area contributed by atoms with Crippen LogP contribution in [0.25, 0.3) is 0 Å². The van der Waals surface area contributed by atoms with Crippen molar-refractivity contribution in [1.29, 1.82) is 0 Å². The quantitative estimate of drug-likeness (QED) is 0.635. The Hall–Kier alpha value is 1.10. The summed E-state index contributed by atoms with van der Waals surface area (Å²) in [5.41, 5.74) is 0. The molecule has 0 spiro atoms. The molecule has 0 atom stereocenters. The zero-order valence-corrected chi connectivity index (χ0v) is 7.41. The Labute approximate surface area is 56.5 Å². The first-order chi connectivity index (χ1) is 3.27. The van der Waals surface area contributed by atoms with Crippen molar-refractivity contribution in [3.8, 4) is 0 Å². The van der Waals surface area contributed by atoms with E-state index in [2.05, 4.69) is 0 Å². The Morgan fingerprint density at radius 1 is 1.57 bits per heavy atom. The molecule has 0 aliphatic rings. The van der Waals surface area contributed by atoms with Gasteiger partial charge in [-0.15, -0.1) is 0 Å². The van der Waals surface area contributed by atoms with Crippen LogP contribution in [-0.2, 0) is 4.74 Å². The van der Waals surface area contributed by atoms with Crippen LogP contribution in [0.1, 0.15) is 0 Å². The molecule has 4 heteroatoms. The fraction of sp³-hybridized carbons (Fsp3) is 1.00. The van der Waals surface area contributed by atoms with Crippen molar-refractivity contribution in [2.45, 2.75) is 5.21 Å². The van der Waals surface area contributed by atoms with Gasteiger partial charge in [0.25, 0.3) is 0 Å². The molecule has 0 rings (SSSR count). The fourth-order valence-corrected chi connectivity index (χ4v) is 1.55. The van der Waals surface area contributed by atoms with Gasteiger partial charge in [0.15, 0.2) is 0 Å². The monoisotopic (exact) mass is 204 g/mol. The Morgan fingerprint density at radius 3 is 2.29 bits per heavy atom. The molecule has 0 aromatic carbocycles. The van der Waals surface area contributed by atoms with E-state index >= 15 is 0 Å². The molecule has 0 saturated carbocycles. The molecule has 0 heterocycles. The third kappa shape index (κ3) is 7.10. The first-order valence-electron chi connectivity index (χ1n) is 1.85. The van der Waals surface area contributed by atoms with Gasteiger partial charge in [-0.25, -0.2) is 0 Å². The molecule has 7 heavy (non-hydrogen) atoms. The molecule has 44 valence electrons. The van der Waals surface area contributed by atoms with Crippen molar-refractivity contribution in [3.63, 3.8) is 0 Å². The van der Waals surface area contributed by atoms with Gasteiger partial charge in [-0.05, 0) is 0 Å². The number of hydrogen-bond donors (Lipinski definition) is 0. The molecule has 0 aliphatic carbocycles. The Kier molecular flexibility index (Phi) is 6.06. The van der Waals surface area contributed by atoms with Crippen LogP contribution in [-0.4, -0.2) is 26.5 Å². The summed E-state index contributed by atoms with van der Waals surface area (Å²) in [5.74, 6) is 0. The Morgan fingerprint density at radius 2 is 2.14 bits per heavy atom. The van der Waals surface area contributed by atoms with Crippen molar-refractivity contribution >= 4 is 32.7 Å². The zero-order valence-electron chi connectivity index (χ0n) is 4.03. The van der Waals surface area contributed by atoms with Gasteiger partial charge in [-0.1, -0.05) is 0 Å². The topological polar surface area (TPSA) is 9.23 Å². The number of hydrogen-bond acceptors (Lipinski definition) is 1. The second kappa shape index (κ2) is 5.24. The molecular weight excluding hydrogens is 198 g/mol. The van der Waals surface area contributed by atoms with Crippen LogP contribution in [0.2, 0.25) is 5.21 Å². The summed E-state index contributed by atoms with van der Waals surface area (Å²) in [6.07, 6.45) is 0. The SMILES string of the molecule is COCC[As](Cl)Cl. The maximum absolute atomic E-state index is 5.49. The first-order valence-corrected chi connectivity index (χ1v) is 8.11. The Balaban J connectivity index is 2.68. The van der Waals surface area contributed by atoms with Crippen molar-refractivity contribution in [2.75, 3.05) is 13.7 Å². The first kappa shape index (κ1) is 8.10. The summed E-state index contributed by atoms with van der Waals surface area (Å²) < 4.78 is 4.72. The van der Waals surface area contributed by atoms with E-state index in [1.54, 1.807) is 7.11 Å². The van der Waals surface area contributed by atoms with E-state index in [4.69, 9.17) is 24.6 Å². The number of halogens is 2. The van der Waals surface area contributed by atoms with Crippen LogP contribution in [0, 0.1) is 0 Å². The molecule has 0 aromatic heterocycles. The van der Waals surface area contributed by atoms with E-state index in [-0.39, 0.29) is 0 Å². The summed E-state index contributed by atoms with van der Waals surface area (Å²) in [4.78, 5) is 0. The standard InChI is InChI=1S/C3H7AsCl2O/c1-7-3-2-4(5)6/h2-3H2,1H3.